The van der Waals surface area contributed by atoms with Gasteiger partial charge < -0.3 is 30.2 Å². The number of nitrogens with one attached hydrogen (secondary N) is 3. The SMILES string of the molecule is COc1cc([C@H]2NC(=S)NC(C)=C2C(=O)Nc2ccc(I)cc2)cc(OC)c1OC. The Kier molecular flexibility index (Phi) is 7.03. The third kappa shape index (κ3) is 4.62. The molecule has 0 radical (unpaired) electrons. The molecule has 0 fully saturated rings. The largest absolute Gasteiger partial charge is 0.493 e. The van der Waals surface area contributed by atoms with Crippen LogP contribution in [-0.4, -0.2) is 32.3 Å². The number of methoxy groups -OCH3 is 3. The summed E-state index contributed by atoms with van der Waals surface area (Å²) < 4.78 is 17.4. The van der Waals surface area contributed by atoms with Crippen LogP contribution >= 0.6 is 34.8 Å². The zero-order valence-electron chi connectivity index (χ0n) is 17.0. The van der Waals surface area contributed by atoms with Crippen molar-refractivity contribution in [2.75, 3.05) is 26.6 Å². The third-order valence-corrected chi connectivity index (χ3v) is 5.58. The number of thiocarbonyl (C=S) groups is 1. The average molecular weight is 539 g/mol. The number of allylic oxidation sites excluding steroid dienone is 1. The van der Waals surface area contributed by atoms with E-state index in [-0.39, 0.29) is 5.91 Å². The molecule has 1 heterocycles. The lowest BCUT2D eigenvalue weighted by Gasteiger charge is -2.31. The molecule has 0 saturated carbocycles. The maximum atomic E-state index is 13.2. The first-order chi connectivity index (χ1) is 14.4. The Morgan fingerprint density at radius 3 is 2.20 bits per heavy atom. The minimum Gasteiger partial charge on any atom is -0.493 e. The summed E-state index contributed by atoms with van der Waals surface area (Å²) in [6.45, 7) is 1.82. The van der Waals surface area contributed by atoms with Gasteiger partial charge in [-0.05, 0) is 83.7 Å². The van der Waals surface area contributed by atoms with E-state index in [1.54, 1.807) is 33.5 Å². The highest BCUT2D eigenvalue weighted by Crippen LogP contribution is 2.41. The first-order valence-corrected chi connectivity index (χ1v) is 10.5. The van der Waals surface area contributed by atoms with E-state index in [1.807, 2.05) is 31.2 Å². The van der Waals surface area contributed by atoms with E-state index in [9.17, 15) is 4.79 Å². The van der Waals surface area contributed by atoms with Crippen molar-refractivity contribution in [3.63, 3.8) is 0 Å². The Morgan fingerprint density at radius 2 is 1.67 bits per heavy atom. The predicted octanol–water partition coefficient (Wildman–Crippen LogP) is 3.75. The molecule has 2 aromatic carbocycles. The molecule has 0 aliphatic carbocycles. The van der Waals surface area contributed by atoms with Gasteiger partial charge in [0, 0.05) is 15.0 Å². The number of halogens is 1. The fourth-order valence-corrected chi connectivity index (χ4v) is 3.88. The Hall–Kier alpha value is -2.53. The molecule has 9 heteroatoms. The van der Waals surface area contributed by atoms with Crippen LogP contribution in [0.2, 0.25) is 0 Å². The number of amides is 1. The van der Waals surface area contributed by atoms with Gasteiger partial charge in [-0.25, -0.2) is 0 Å². The first kappa shape index (κ1) is 22.2. The van der Waals surface area contributed by atoms with Crippen molar-refractivity contribution in [1.82, 2.24) is 10.6 Å². The number of benzene rings is 2. The van der Waals surface area contributed by atoms with Gasteiger partial charge >= 0.3 is 0 Å². The number of hydrogen-bond donors (Lipinski definition) is 3. The minimum atomic E-state index is -0.503. The van der Waals surface area contributed by atoms with Crippen LogP contribution in [0.1, 0.15) is 18.5 Å². The second-order valence-electron chi connectivity index (χ2n) is 6.49. The van der Waals surface area contributed by atoms with Crippen molar-refractivity contribution in [3.05, 3.63) is 56.8 Å². The highest BCUT2D eigenvalue weighted by Gasteiger charge is 2.31. The molecule has 3 N–H and O–H groups in total. The normalized spacial score (nSPS) is 15.8. The van der Waals surface area contributed by atoms with Gasteiger partial charge in [0.15, 0.2) is 16.6 Å². The van der Waals surface area contributed by atoms with Crippen molar-refractivity contribution in [2.24, 2.45) is 0 Å². The van der Waals surface area contributed by atoms with E-state index in [2.05, 4.69) is 38.5 Å². The molecular formula is C21H22IN3O4S. The molecular weight excluding hydrogens is 517 g/mol. The highest BCUT2D eigenvalue weighted by atomic mass is 127. The molecule has 0 unspecified atom stereocenters. The Labute approximate surface area is 194 Å². The Balaban J connectivity index is 2.03. The van der Waals surface area contributed by atoms with Crippen LogP contribution in [0.4, 0.5) is 5.69 Å². The molecule has 0 aromatic heterocycles. The van der Waals surface area contributed by atoms with Crippen LogP contribution in [0.25, 0.3) is 0 Å². The van der Waals surface area contributed by atoms with E-state index in [0.29, 0.717) is 39.3 Å². The Bertz CT molecular complexity index is 983. The predicted molar refractivity (Wildman–Crippen MR) is 128 cm³/mol. The van der Waals surface area contributed by atoms with E-state index >= 15 is 0 Å². The van der Waals surface area contributed by atoms with Crippen LogP contribution in [0.15, 0.2) is 47.7 Å². The zero-order valence-corrected chi connectivity index (χ0v) is 19.9. The van der Waals surface area contributed by atoms with E-state index in [1.165, 1.54) is 0 Å². The van der Waals surface area contributed by atoms with E-state index < -0.39 is 6.04 Å². The van der Waals surface area contributed by atoms with Crippen LogP contribution in [0.3, 0.4) is 0 Å². The molecule has 0 bridgehead atoms. The number of carbonyl (C=O) groups excluding carboxylic acids is 1. The van der Waals surface area contributed by atoms with Gasteiger partial charge in [0.1, 0.15) is 0 Å². The molecule has 7 nitrogen and oxygen atoms in total. The molecule has 1 aliphatic heterocycles. The summed E-state index contributed by atoms with van der Waals surface area (Å²) >= 11 is 7.56. The smallest absolute Gasteiger partial charge is 0.255 e. The van der Waals surface area contributed by atoms with Crippen molar-refractivity contribution < 1.29 is 19.0 Å². The van der Waals surface area contributed by atoms with Crippen LogP contribution in [-0.2, 0) is 4.79 Å². The van der Waals surface area contributed by atoms with Crippen LogP contribution in [0, 0.1) is 3.57 Å². The molecule has 1 amide bonds. The second kappa shape index (κ2) is 9.52. The maximum absolute atomic E-state index is 13.2. The lowest BCUT2D eigenvalue weighted by Crippen LogP contribution is -2.45. The molecule has 30 heavy (non-hydrogen) atoms. The number of ether oxygens (including phenoxy) is 3. The first-order valence-electron chi connectivity index (χ1n) is 9.03. The fourth-order valence-electron chi connectivity index (χ4n) is 3.24. The van der Waals surface area contributed by atoms with E-state index in [0.717, 1.165) is 9.13 Å². The second-order valence-corrected chi connectivity index (χ2v) is 8.14. The van der Waals surface area contributed by atoms with Gasteiger partial charge in [-0.3, -0.25) is 4.79 Å². The van der Waals surface area contributed by atoms with Crippen molar-refractivity contribution >= 4 is 51.5 Å². The molecule has 3 rings (SSSR count). The van der Waals surface area contributed by atoms with E-state index in [4.69, 9.17) is 26.4 Å². The monoisotopic (exact) mass is 539 g/mol. The van der Waals surface area contributed by atoms with Crippen molar-refractivity contribution in [3.8, 4) is 17.2 Å². The summed E-state index contributed by atoms with van der Waals surface area (Å²) in [7, 11) is 4.64. The molecule has 0 saturated heterocycles. The zero-order chi connectivity index (χ0) is 21.8. The molecule has 0 spiro atoms. The lowest BCUT2D eigenvalue weighted by atomic mass is 9.94. The van der Waals surface area contributed by atoms with Crippen LogP contribution < -0.4 is 30.2 Å². The lowest BCUT2D eigenvalue weighted by molar-refractivity contribution is -0.113. The molecule has 2 aromatic rings. The van der Waals surface area contributed by atoms with Gasteiger partial charge in [0.2, 0.25) is 5.75 Å². The van der Waals surface area contributed by atoms with Gasteiger partial charge in [0.05, 0.1) is 32.9 Å². The molecule has 1 atom stereocenters. The van der Waals surface area contributed by atoms with Crippen molar-refractivity contribution in [2.45, 2.75) is 13.0 Å². The number of hydrogen-bond acceptors (Lipinski definition) is 5. The molecule has 1 aliphatic rings. The number of anilines is 1. The summed E-state index contributed by atoms with van der Waals surface area (Å²) in [6.07, 6.45) is 0. The fraction of sp³-hybridized carbons (Fsp3) is 0.238. The van der Waals surface area contributed by atoms with Gasteiger partial charge in [-0.1, -0.05) is 0 Å². The molecule has 158 valence electrons. The quantitative estimate of drug-likeness (QED) is 0.381. The summed E-state index contributed by atoms with van der Waals surface area (Å²) in [4.78, 5) is 13.2. The van der Waals surface area contributed by atoms with Gasteiger partial charge in [-0.2, -0.15) is 0 Å². The standard InChI is InChI=1S/C21H22IN3O4S/c1-11-17(20(26)24-14-7-5-13(22)6-8-14)18(25-21(30)23-11)12-9-15(27-2)19(29-4)16(10-12)28-3/h5-10,18H,1-4H3,(H,24,26)(H2,23,25,30)/t18-/m1/s1. The van der Waals surface area contributed by atoms with Gasteiger partial charge in [0.25, 0.3) is 5.91 Å². The topological polar surface area (TPSA) is 80.9 Å². The average Bonchev–Trinajstić information content (AvgIpc) is 2.73. The van der Waals surface area contributed by atoms with Crippen molar-refractivity contribution in [1.29, 1.82) is 0 Å². The maximum Gasteiger partial charge on any atom is 0.255 e. The van der Waals surface area contributed by atoms with Gasteiger partial charge in [-0.15, -0.1) is 0 Å². The summed E-state index contributed by atoms with van der Waals surface area (Å²) in [5.74, 6) is 1.22. The summed E-state index contributed by atoms with van der Waals surface area (Å²) in [5.41, 5.74) is 2.63. The third-order valence-electron chi connectivity index (χ3n) is 4.64. The highest BCUT2D eigenvalue weighted by molar-refractivity contribution is 14.1. The minimum absolute atomic E-state index is 0.241. The number of carbonyl (C=O) groups is 1. The summed E-state index contributed by atoms with van der Waals surface area (Å²) in [6, 6.07) is 10.7. The summed E-state index contributed by atoms with van der Waals surface area (Å²) in [5, 5.41) is 9.59. The Morgan fingerprint density at radius 1 is 1.07 bits per heavy atom. The number of rotatable bonds is 6. The van der Waals surface area contributed by atoms with Crippen LogP contribution in [0.5, 0.6) is 17.2 Å².